The third kappa shape index (κ3) is 3.13. The molecule has 1 amide bonds. The van der Waals surface area contributed by atoms with E-state index in [2.05, 4.69) is 26.6 Å². The largest absolute Gasteiger partial charge is 0.378 e. The van der Waals surface area contributed by atoms with E-state index in [4.69, 9.17) is 0 Å². The first-order valence-electron chi connectivity index (χ1n) is 9.05. The molecule has 136 valence electrons. The number of nitrogens with one attached hydrogen (secondary N) is 2. The molecule has 0 bridgehead atoms. The fourth-order valence-electron chi connectivity index (χ4n) is 3.93. The molecule has 1 heterocycles. The predicted molar refractivity (Wildman–Crippen MR) is 105 cm³/mol. The minimum Gasteiger partial charge on any atom is -0.378 e. The van der Waals surface area contributed by atoms with E-state index in [0.29, 0.717) is 5.56 Å². The number of benzene rings is 2. The van der Waals surface area contributed by atoms with E-state index in [1.54, 1.807) is 12.1 Å². The van der Waals surface area contributed by atoms with Crippen LogP contribution in [0.5, 0.6) is 0 Å². The van der Waals surface area contributed by atoms with Gasteiger partial charge < -0.3 is 10.6 Å². The second kappa shape index (κ2) is 6.38. The number of hydrogen-bond donors (Lipinski definition) is 2. The van der Waals surface area contributed by atoms with Gasteiger partial charge in [-0.05, 0) is 86.1 Å². The van der Waals surface area contributed by atoms with Crippen LogP contribution >= 0.6 is 15.9 Å². The summed E-state index contributed by atoms with van der Waals surface area (Å²) in [5.74, 6) is -0.255. The lowest BCUT2D eigenvalue weighted by molar-refractivity contribution is 0.0943. The van der Waals surface area contributed by atoms with E-state index < -0.39 is 0 Å². The molecule has 0 saturated heterocycles. The second-order valence-corrected chi connectivity index (χ2v) is 8.59. The summed E-state index contributed by atoms with van der Waals surface area (Å²) < 4.78 is 14.7. The molecular formula is C21H22BrFN2O. The quantitative estimate of drug-likeness (QED) is 0.710. The zero-order valence-corrected chi connectivity index (χ0v) is 16.5. The highest BCUT2D eigenvalue weighted by molar-refractivity contribution is 9.10. The summed E-state index contributed by atoms with van der Waals surface area (Å²) in [5.41, 5.74) is 4.03. The highest BCUT2D eigenvalue weighted by atomic mass is 79.9. The Kier molecular flexibility index (Phi) is 4.30. The Balaban J connectivity index is 1.68. The summed E-state index contributed by atoms with van der Waals surface area (Å²) in [7, 11) is 0. The van der Waals surface area contributed by atoms with Crippen LogP contribution in [0.1, 0.15) is 60.6 Å². The van der Waals surface area contributed by atoms with Crippen LogP contribution in [0.3, 0.4) is 0 Å². The van der Waals surface area contributed by atoms with Gasteiger partial charge in [0.1, 0.15) is 5.82 Å². The average molecular weight is 417 g/mol. The molecule has 2 aromatic carbocycles. The van der Waals surface area contributed by atoms with Gasteiger partial charge in [-0.15, -0.1) is 0 Å². The molecule has 3 nitrogen and oxygen atoms in total. The van der Waals surface area contributed by atoms with Crippen LogP contribution in [0.25, 0.3) is 0 Å². The number of carbonyl (C=O) groups is 1. The Bertz CT molecular complexity index is 876. The third-order valence-corrected chi connectivity index (χ3v) is 6.11. The van der Waals surface area contributed by atoms with Crippen molar-refractivity contribution in [2.45, 2.75) is 50.6 Å². The maximum atomic E-state index is 13.8. The maximum Gasteiger partial charge on any atom is 0.251 e. The van der Waals surface area contributed by atoms with Crippen LogP contribution in [-0.2, 0) is 5.41 Å². The molecule has 4 rings (SSSR count). The van der Waals surface area contributed by atoms with E-state index >= 15 is 0 Å². The summed E-state index contributed by atoms with van der Waals surface area (Å²) in [6.45, 7) is 3.92. The van der Waals surface area contributed by atoms with Gasteiger partial charge in [-0.2, -0.15) is 0 Å². The number of carbonyl (C=O) groups excluding carboxylic acids is 1. The highest BCUT2D eigenvalue weighted by Gasteiger charge is 2.50. The Morgan fingerprint density at radius 3 is 2.73 bits per heavy atom. The van der Waals surface area contributed by atoms with Crippen molar-refractivity contribution in [3.63, 3.8) is 0 Å². The maximum absolute atomic E-state index is 13.8. The number of amides is 1. The van der Waals surface area contributed by atoms with Crippen molar-refractivity contribution in [3.05, 3.63) is 63.4 Å². The zero-order chi connectivity index (χ0) is 18.5. The molecule has 26 heavy (non-hydrogen) atoms. The van der Waals surface area contributed by atoms with Crippen molar-refractivity contribution in [1.82, 2.24) is 5.32 Å². The number of halogens is 2. The Labute approximate surface area is 161 Å². The zero-order valence-electron chi connectivity index (χ0n) is 14.9. The van der Waals surface area contributed by atoms with Gasteiger partial charge in [0.15, 0.2) is 0 Å². The lowest BCUT2D eigenvalue weighted by Gasteiger charge is -2.34. The van der Waals surface area contributed by atoms with Crippen molar-refractivity contribution in [2.75, 3.05) is 5.32 Å². The SMILES string of the molecule is CC(C)NC(=O)c1ccc2c(c1)C1(CC1)CC(c1cc(F)ccc1Br)N2. The lowest BCUT2D eigenvalue weighted by atomic mass is 9.81. The first-order chi connectivity index (χ1) is 12.4. The summed E-state index contributed by atoms with van der Waals surface area (Å²) in [6.07, 6.45) is 3.14. The monoisotopic (exact) mass is 416 g/mol. The van der Waals surface area contributed by atoms with E-state index in [9.17, 15) is 9.18 Å². The van der Waals surface area contributed by atoms with Crippen LogP contribution < -0.4 is 10.6 Å². The molecular weight excluding hydrogens is 395 g/mol. The van der Waals surface area contributed by atoms with Crippen LogP contribution in [0.2, 0.25) is 0 Å². The molecule has 1 unspecified atom stereocenters. The summed E-state index contributed by atoms with van der Waals surface area (Å²) in [6, 6.07) is 10.9. The molecule has 2 aliphatic rings. The van der Waals surface area contributed by atoms with Gasteiger partial charge in [-0.25, -0.2) is 4.39 Å². The molecule has 1 fully saturated rings. The molecule has 1 spiro atoms. The van der Waals surface area contributed by atoms with Crippen molar-refractivity contribution in [2.24, 2.45) is 0 Å². The molecule has 0 radical (unpaired) electrons. The standard InChI is InChI=1S/C21H22BrFN2O/c1-12(2)24-20(26)13-3-6-18-16(9-13)21(7-8-21)11-19(25-18)15-10-14(23)4-5-17(15)22/h3-6,9-10,12,19,25H,7-8,11H2,1-2H3,(H,24,26). The minimum atomic E-state index is -0.221. The number of hydrogen-bond acceptors (Lipinski definition) is 2. The number of fused-ring (bicyclic) bond motifs is 2. The summed E-state index contributed by atoms with van der Waals surface area (Å²) in [4.78, 5) is 12.4. The van der Waals surface area contributed by atoms with Crippen LogP contribution in [0.15, 0.2) is 40.9 Å². The van der Waals surface area contributed by atoms with E-state index in [0.717, 1.165) is 35.0 Å². The highest BCUT2D eigenvalue weighted by Crippen LogP contribution is 2.59. The molecule has 0 aromatic heterocycles. The summed E-state index contributed by atoms with van der Waals surface area (Å²) >= 11 is 3.56. The second-order valence-electron chi connectivity index (χ2n) is 7.74. The smallest absolute Gasteiger partial charge is 0.251 e. The van der Waals surface area contributed by atoms with Crippen molar-refractivity contribution < 1.29 is 9.18 Å². The first-order valence-corrected chi connectivity index (χ1v) is 9.84. The van der Waals surface area contributed by atoms with Gasteiger partial charge in [0, 0.05) is 21.8 Å². The molecule has 2 aromatic rings. The van der Waals surface area contributed by atoms with Gasteiger partial charge >= 0.3 is 0 Å². The Morgan fingerprint density at radius 2 is 2.04 bits per heavy atom. The number of rotatable bonds is 3. The Hall–Kier alpha value is -1.88. The topological polar surface area (TPSA) is 41.1 Å². The fourth-order valence-corrected chi connectivity index (χ4v) is 4.45. The predicted octanol–water partition coefficient (Wildman–Crippen LogP) is 5.31. The average Bonchev–Trinajstić information content (AvgIpc) is 3.36. The van der Waals surface area contributed by atoms with Crippen LogP contribution in [0.4, 0.5) is 10.1 Å². The van der Waals surface area contributed by atoms with Crippen molar-refractivity contribution in [1.29, 1.82) is 0 Å². The molecule has 5 heteroatoms. The normalized spacial score (nSPS) is 19.8. The van der Waals surface area contributed by atoms with Gasteiger partial charge in [0.2, 0.25) is 0 Å². The van der Waals surface area contributed by atoms with Crippen LogP contribution in [-0.4, -0.2) is 11.9 Å². The Morgan fingerprint density at radius 1 is 1.27 bits per heavy atom. The molecule has 1 aliphatic carbocycles. The van der Waals surface area contributed by atoms with Gasteiger partial charge in [-0.1, -0.05) is 15.9 Å². The molecule has 2 N–H and O–H groups in total. The van der Waals surface area contributed by atoms with Crippen molar-refractivity contribution in [3.8, 4) is 0 Å². The third-order valence-electron chi connectivity index (χ3n) is 5.38. The lowest BCUT2D eigenvalue weighted by Crippen LogP contribution is -2.31. The van der Waals surface area contributed by atoms with E-state index in [-0.39, 0.29) is 29.2 Å². The van der Waals surface area contributed by atoms with Gasteiger partial charge in [0.05, 0.1) is 6.04 Å². The van der Waals surface area contributed by atoms with E-state index in [1.807, 2.05) is 32.0 Å². The summed E-state index contributed by atoms with van der Waals surface area (Å²) in [5, 5.41) is 6.51. The number of anilines is 1. The van der Waals surface area contributed by atoms with Crippen LogP contribution in [0, 0.1) is 5.82 Å². The molecule has 1 saturated carbocycles. The van der Waals surface area contributed by atoms with Gasteiger partial charge in [-0.3, -0.25) is 4.79 Å². The first kappa shape index (κ1) is 17.5. The van der Waals surface area contributed by atoms with Gasteiger partial charge in [0.25, 0.3) is 5.91 Å². The molecule has 1 aliphatic heterocycles. The molecule has 1 atom stereocenters. The fraction of sp³-hybridized carbons (Fsp3) is 0.381. The van der Waals surface area contributed by atoms with E-state index in [1.165, 1.54) is 11.6 Å². The minimum absolute atomic E-state index is 0.0337. The van der Waals surface area contributed by atoms with Crippen molar-refractivity contribution >= 4 is 27.5 Å².